The summed E-state index contributed by atoms with van der Waals surface area (Å²) in [7, 11) is -3.92. The summed E-state index contributed by atoms with van der Waals surface area (Å²) in [5.74, 6) is 0. The highest BCUT2D eigenvalue weighted by molar-refractivity contribution is 7.98. The molecule has 0 radical (unpaired) electrons. The quantitative estimate of drug-likeness (QED) is 0.399. The van der Waals surface area contributed by atoms with Gasteiger partial charge in [-0.1, -0.05) is 97.1 Å². The van der Waals surface area contributed by atoms with E-state index in [4.69, 9.17) is 4.13 Å². The summed E-state index contributed by atoms with van der Waals surface area (Å²) >= 11 is 0. The predicted molar refractivity (Wildman–Crippen MR) is 119 cm³/mol. The van der Waals surface area contributed by atoms with Crippen molar-refractivity contribution < 1.29 is 4.21 Å². The van der Waals surface area contributed by atoms with E-state index >= 15 is 0 Å². The number of hydrogen-bond donors (Lipinski definition) is 0. The summed E-state index contributed by atoms with van der Waals surface area (Å²) in [6.45, 7) is 0. The molecule has 2 nitrogen and oxygen atoms in total. The van der Waals surface area contributed by atoms with Gasteiger partial charge in [0, 0.05) is 10.6 Å². The zero-order valence-electron chi connectivity index (χ0n) is 15.3. The van der Waals surface area contributed by atoms with Gasteiger partial charge in [0.2, 0.25) is 0 Å². The van der Waals surface area contributed by atoms with E-state index in [1.807, 2.05) is 97.1 Å². The number of nitrogens with zero attached hydrogens (tertiary/aromatic N) is 1. The van der Waals surface area contributed by atoms with Crippen LogP contribution in [0.5, 0.6) is 0 Å². The maximum absolute atomic E-state index is 14.4. The second-order valence-electron chi connectivity index (χ2n) is 6.22. The van der Waals surface area contributed by atoms with Gasteiger partial charge in [-0.25, -0.2) is 4.21 Å². The van der Waals surface area contributed by atoms with Crippen LogP contribution in [0.1, 0.15) is 0 Å². The fourth-order valence-corrected chi connectivity index (χ4v) is 7.90. The first-order valence-electron chi connectivity index (χ1n) is 9.05. The molecule has 0 aliphatic carbocycles. The van der Waals surface area contributed by atoms with Crippen LogP contribution in [-0.2, 0) is 9.73 Å². The molecule has 4 aromatic rings. The molecule has 28 heavy (non-hydrogen) atoms. The summed E-state index contributed by atoms with van der Waals surface area (Å²) in [4.78, 5) is 1.47. The van der Waals surface area contributed by atoms with E-state index in [-0.39, 0.29) is 0 Å². The van der Waals surface area contributed by atoms with Crippen molar-refractivity contribution in [3.8, 4) is 0 Å². The number of hydrogen-bond acceptors (Lipinski definition) is 2. The second-order valence-corrected chi connectivity index (χ2v) is 10.5. The van der Waals surface area contributed by atoms with Crippen LogP contribution in [0.4, 0.5) is 0 Å². The highest BCUT2D eigenvalue weighted by atomic mass is 32.2. The molecule has 4 rings (SSSR count). The number of benzene rings is 4. The van der Waals surface area contributed by atoms with Crippen molar-refractivity contribution in [2.45, 2.75) is 9.79 Å². The Kier molecular flexibility index (Phi) is 5.66. The molecule has 138 valence electrons. The van der Waals surface area contributed by atoms with Gasteiger partial charge in [0.1, 0.15) is 9.73 Å². The molecule has 0 atom stereocenters. The molecule has 0 saturated carbocycles. The maximum Gasteiger partial charge on any atom is 0.108 e. The monoisotopic (exact) mass is 401 g/mol. The molecule has 0 unspecified atom stereocenters. The Morgan fingerprint density at radius 3 is 1.18 bits per heavy atom. The van der Waals surface area contributed by atoms with Gasteiger partial charge < -0.3 is 0 Å². The van der Waals surface area contributed by atoms with E-state index in [9.17, 15) is 4.21 Å². The zero-order chi connectivity index (χ0) is 19.2. The molecule has 4 heteroatoms. The molecule has 0 aliphatic rings. The van der Waals surface area contributed by atoms with E-state index in [1.165, 1.54) is 0 Å². The fourth-order valence-electron chi connectivity index (χ4n) is 2.94. The lowest BCUT2D eigenvalue weighted by atomic mass is 10.4. The Bertz CT molecular complexity index is 1060. The Morgan fingerprint density at radius 2 is 0.821 bits per heavy atom. The van der Waals surface area contributed by atoms with Crippen molar-refractivity contribution in [3.63, 3.8) is 0 Å². The van der Waals surface area contributed by atoms with Gasteiger partial charge >= 0.3 is 0 Å². The molecule has 0 heterocycles. The van der Waals surface area contributed by atoms with Crippen LogP contribution < -0.4 is 10.6 Å². The first-order valence-corrected chi connectivity index (χ1v) is 11.9. The van der Waals surface area contributed by atoms with E-state index in [2.05, 4.69) is 24.3 Å². The lowest BCUT2D eigenvalue weighted by molar-refractivity contribution is 0.677. The summed E-state index contributed by atoms with van der Waals surface area (Å²) in [5.41, 5.74) is 0. The summed E-state index contributed by atoms with van der Waals surface area (Å²) in [5, 5.41) is 2.17. The highest BCUT2D eigenvalue weighted by Crippen LogP contribution is 2.40. The largest absolute Gasteiger partial charge is 0.239 e. The van der Waals surface area contributed by atoms with Crippen LogP contribution in [0.3, 0.4) is 0 Å². The van der Waals surface area contributed by atoms with Crippen LogP contribution in [0.2, 0.25) is 0 Å². The summed E-state index contributed by atoms with van der Waals surface area (Å²) in [6.07, 6.45) is 0. The molecule has 0 spiro atoms. The minimum atomic E-state index is -2.79. The molecule has 0 bridgehead atoms. The molecule has 0 amide bonds. The Labute approximate surface area is 167 Å². The SMILES string of the molecule is O=S(=NP(c1ccccc1)c1ccccc1)(c1ccccc1)c1ccccc1. The lowest BCUT2D eigenvalue weighted by Gasteiger charge is -2.18. The van der Waals surface area contributed by atoms with Gasteiger partial charge in [-0.15, -0.1) is 0 Å². The van der Waals surface area contributed by atoms with Crippen molar-refractivity contribution in [3.05, 3.63) is 121 Å². The minimum Gasteiger partial charge on any atom is -0.239 e. The van der Waals surface area contributed by atoms with Crippen molar-refractivity contribution in [2.24, 2.45) is 4.13 Å². The third kappa shape index (κ3) is 3.91. The van der Waals surface area contributed by atoms with Crippen LogP contribution in [0, 0.1) is 0 Å². The number of rotatable bonds is 5. The van der Waals surface area contributed by atoms with Gasteiger partial charge in [0.15, 0.2) is 0 Å². The molecule has 0 aromatic heterocycles. The molecule has 0 saturated heterocycles. The second kappa shape index (κ2) is 8.52. The Morgan fingerprint density at radius 1 is 0.500 bits per heavy atom. The molecule has 0 N–H and O–H groups in total. The van der Waals surface area contributed by atoms with Gasteiger partial charge in [0.25, 0.3) is 0 Å². The van der Waals surface area contributed by atoms with E-state index < -0.39 is 17.8 Å². The normalized spacial score (nSPS) is 11.3. The van der Waals surface area contributed by atoms with Crippen molar-refractivity contribution in [1.82, 2.24) is 0 Å². The molecule has 0 aliphatic heterocycles. The molecular formula is C24H20NOPS. The van der Waals surface area contributed by atoms with Gasteiger partial charge in [-0.05, 0) is 24.3 Å². The first-order chi connectivity index (χ1) is 13.8. The van der Waals surface area contributed by atoms with Gasteiger partial charge in [-0.3, -0.25) is 0 Å². The zero-order valence-corrected chi connectivity index (χ0v) is 17.0. The van der Waals surface area contributed by atoms with E-state index in [1.54, 1.807) is 0 Å². The van der Waals surface area contributed by atoms with E-state index in [0.717, 1.165) is 20.4 Å². The van der Waals surface area contributed by atoms with Gasteiger partial charge in [-0.2, -0.15) is 4.13 Å². The lowest BCUT2D eigenvalue weighted by Crippen LogP contribution is -2.12. The smallest absolute Gasteiger partial charge is 0.108 e. The third-order valence-corrected chi connectivity index (χ3v) is 9.29. The predicted octanol–water partition coefficient (Wildman–Crippen LogP) is 5.62. The average molecular weight is 401 g/mol. The van der Waals surface area contributed by atoms with Gasteiger partial charge in [0.05, 0.1) is 17.9 Å². The van der Waals surface area contributed by atoms with Crippen LogP contribution in [0.15, 0.2) is 135 Å². The summed E-state index contributed by atoms with van der Waals surface area (Å²) in [6, 6.07) is 39.5. The third-order valence-electron chi connectivity index (χ3n) is 4.32. The highest BCUT2D eigenvalue weighted by Gasteiger charge is 2.21. The maximum atomic E-state index is 14.4. The minimum absolute atomic E-state index is 0.737. The van der Waals surface area contributed by atoms with Crippen LogP contribution in [-0.4, -0.2) is 4.21 Å². The van der Waals surface area contributed by atoms with Crippen molar-refractivity contribution in [2.75, 3.05) is 0 Å². The van der Waals surface area contributed by atoms with Crippen LogP contribution >= 0.6 is 8.07 Å². The topological polar surface area (TPSA) is 29.4 Å². The van der Waals surface area contributed by atoms with Crippen molar-refractivity contribution >= 4 is 28.4 Å². The molecular weight excluding hydrogens is 381 g/mol. The van der Waals surface area contributed by atoms with E-state index in [0.29, 0.717) is 0 Å². The summed E-state index contributed by atoms with van der Waals surface area (Å²) < 4.78 is 19.5. The Balaban J connectivity index is 1.99. The van der Waals surface area contributed by atoms with Crippen molar-refractivity contribution in [1.29, 1.82) is 0 Å². The Hall–Kier alpha value is -2.74. The first kappa shape index (κ1) is 18.6. The fraction of sp³-hybridized carbons (Fsp3) is 0. The molecule has 4 aromatic carbocycles. The molecule has 0 fully saturated rings. The standard InChI is InChI=1S/C24H20NOPS/c26-28(23-17-9-3-10-18-23,24-19-11-4-12-20-24)25-27(21-13-5-1-6-14-21)22-15-7-2-8-16-22/h1-20H. The average Bonchev–Trinajstić information content (AvgIpc) is 2.80. The van der Waals surface area contributed by atoms with Crippen LogP contribution in [0.25, 0.3) is 0 Å².